The van der Waals surface area contributed by atoms with Crippen molar-refractivity contribution in [2.24, 2.45) is 0 Å². The van der Waals surface area contributed by atoms with Crippen LogP contribution in [0, 0.1) is 11.3 Å². The number of benzene rings is 2. The van der Waals surface area contributed by atoms with Gasteiger partial charge < -0.3 is 4.74 Å². The van der Waals surface area contributed by atoms with Crippen molar-refractivity contribution in [1.82, 2.24) is 0 Å². The summed E-state index contributed by atoms with van der Waals surface area (Å²) < 4.78 is 5.60. The number of halogens is 1. The summed E-state index contributed by atoms with van der Waals surface area (Å²) in [5, 5.41) is 9.69. The fourth-order valence-electron chi connectivity index (χ4n) is 1.81. The lowest BCUT2D eigenvalue weighted by molar-refractivity contribution is 0.101. The Hall–Kier alpha value is -2.31. The first-order chi connectivity index (χ1) is 9.60. The van der Waals surface area contributed by atoms with Gasteiger partial charge in [0.25, 0.3) is 0 Å². The topological polar surface area (TPSA) is 50.1 Å². The van der Waals surface area contributed by atoms with Crippen molar-refractivity contribution in [2.75, 3.05) is 0 Å². The van der Waals surface area contributed by atoms with Crippen molar-refractivity contribution in [2.45, 2.75) is 13.5 Å². The number of Topliss-reactive ketones (excluding diaryl/α,β-unsaturated/α-hetero) is 1. The van der Waals surface area contributed by atoms with Crippen LogP contribution in [0.3, 0.4) is 0 Å². The summed E-state index contributed by atoms with van der Waals surface area (Å²) in [4.78, 5) is 11.3. The Labute approximate surface area is 122 Å². The number of nitrogens with zero attached hydrogens (tertiary/aromatic N) is 1. The van der Waals surface area contributed by atoms with Gasteiger partial charge in [-0.05, 0) is 42.8 Å². The molecule has 2 rings (SSSR count). The van der Waals surface area contributed by atoms with Crippen LogP contribution in [0.5, 0.6) is 5.75 Å². The lowest BCUT2D eigenvalue weighted by Gasteiger charge is -2.08. The molecule has 2 aromatic carbocycles. The second-order valence-electron chi connectivity index (χ2n) is 4.29. The molecule has 3 nitrogen and oxygen atoms in total. The highest BCUT2D eigenvalue weighted by Gasteiger charge is 2.08. The number of hydrogen-bond acceptors (Lipinski definition) is 3. The molecule has 0 heterocycles. The Kier molecular flexibility index (Phi) is 4.39. The van der Waals surface area contributed by atoms with Gasteiger partial charge in [-0.2, -0.15) is 5.26 Å². The minimum absolute atomic E-state index is 0.136. The summed E-state index contributed by atoms with van der Waals surface area (Å²) in [5.74, 6) is 0.412. The van der Waals surface area contributed by atoms with E-state index in [-0.39, 0.29) is 5.78 Å². The molecule has 0 aliphatic carbocycles. The fourth-order valence-corrected chi connectivity index (χ4v) is 2.02. The number of ketones is 1. The van der Waals surface area contributed by atoms with E-state index in [0.717, 1.165) is 5.56 Å². The van der Waals surface area contributed by atoms with Crippen LogP contribution in [0.4, 0.5) is 0 Å². The van der Waals surface area contributed by atoms with Gasteiger partial charge >= 0.3 is 0 Å². The second-order valence-corrected chi connectivity index (χ2v) is 4.73. The van der Waals surface area contributed by atoms with Crippen molar-refractivity contribution >= 4 is 17.4 Å². The molecule has 4 heteroatoms. The third-order valence-electron chi connectivity index (χ3n) is 2.79. The van der Waals surface area contributed by atoms with E-state index in [1.807, 2.05) is 24.3 Å². The molecule has 0 saturated heterocycles. The average molecular weight is 286 g/mol. The third kappa shape index (κ3) is 3.37. The maximum Gasteiger partial charge on any atom is 0.161 e. The molecule has 2 aromatic rings. The van der Waals surface area contributed by atoms with Gasteiger partial charge in [-0.25, -0.2) is 0 Å². The van der Waals surface area contributed by atoms with Crippen LogP contribution in [0.2, 0.25) is 5.02 Å². The molecule has 0 aliphatic heterocycles. The first-order valence-electron chi connectivity index (χ1n) is 6.02. The monoisotopic (exact) mass is 285 g/mol. The molecule has 0 spiro atoms. The minimum Gasteiger partial charge on any atom is -0.489 e. The molecule has 0 atom stereocenters. The quantitative estimate of drug-likeness (QED) is 0.798. The largest absolute Gasteiger partial charge is 0.489 e. The van der Waals surface area contributed by atoms with Crippen LogP contribution in [-0.2, 0) is 6.61 Å². The zero-order chi connectivity index (χ0) is 14.5. The molecule has 0 unspecified atom stereocenters. The van der Waals surface area contributed by atoms with Gasteiger partial charge in [-0.1, -0.05) is 23.7 Å². The van der Waals surface area contributed by atoms with E-state index in [2.05, 4.69) is 0 Å². The molecule has 0 amide bonds. The van der Waals surface area contributed by atoms with Crippen LogP contribution in [0.15, 0.2) is 42.5 Å². The zero-order valence-electron chi connectivity index (χ0n) is 10.9. The lowest BCUT2D eigenvalue weighted by Crippen LogP contribution is -1.99. The van der Waals surface area contributed by atoms with Crippen molar-refractivity contribution in [1.29, 1.82) is 5.26 Å². The Morgan fingerprint density at radius 3 is 2.75 bits per heavy atom. The Morgan fingerprint density at radius 2 is 2.10 bits per heavy atom. The van der Waals surface area contributed by atoms with E-state index >= 15 is 0 Å². The summed E-state index contributed by atoms with van der Waals surface area (Å²) in [6, 6.07) is 14.2. The molecule has 20 heavy (non-hydrogen) atoms. The van der Waals surface area contributed by atoms with Gasteiger partial charge in [0, 0.05) is 10.6 Å². The fraction of sp³-hybridized carbons (Fsp3) is 0.125. The predicted molar refractivity (Wildman–Crippen MR) is 76.9 cm³/mol. The SMILES string of the molecule is CC(=O)c1ccc(OCc2cccc(Cl)c2)cc1C#N. The van der Waals surface area contributed by atoms with E-state index in [4.69, 9.17) is 21.6 Å². The maximum atomic E-state index is 11.3. The molecule has 0 aromatic heterocycles. The molecular formula is C16H12ClNO2. The predicted octanol–water partition coefficient (Wildman–Crippen LogP) is 3.99. The number of carbonyl (C=O) groups is 1. The molecule has 100 valence electrons. The van der Waals surface area contributed by atoms with E-state index in [0.29, 0.717) is 28.5 Å². The highest BCUT2D eigenvalue weighted by molar-refractivity contribution is 6.30. The van der Waals surface area contributed by atoms with E-state index < -0.39 is 0 Å². The van der Waals surface area contributed by atoms with Gasteiger partial charge in [-0.3, -0.25) is 4.79 Å². The molecule has 0 aliphatic rings. The zero-order valence-corrected chi connectivity index (χ0v) is 11.6. The summed E-state index contributed by atoms with van der Waals surface area (Å²) in [6.07, 6.45) is 0. The third-order valence-corrected chi connectivity index (χ3v) is 3.02. The first-order valence-corrected chi connectivity index (χ1v) is 6.40. The molecule has 0 N–H and O–H groups in total. The maximum absolute atomic E-state index is 11.3. The normalized spacial score (nSPS) is 9.85. The van der Waals surface area contributed by atoms with E-state index in [9.17, 15) is 4.79 Å². The van der Waals surface area contributed by atoms with Gasteiger partial charge in [0.05, 0.1) is 5.56 Å². The van der Waals surface area contributed by atoms with Gasteiger partial charge in [0.15, 0.2) is 5.78 Å². The summed E-state index contributed by atoms with van der Waals surface area (Å²) in [5.41, 5.74) is 1.66. The number of ether oxygens (including phenoxy) is 1. The van der Waals surface area contributed by atoms with Gasteiger partial charge in [0.1, 0.15) is 18.4 Å². The summed E-state index contributed by atoms with van der Waals surface area (Å²) >= 11 is 5.89. The molecule has 0 bridgehead atoms. The van der Waals surface area contributed by atoms with Gasteiger partial charge in [-0.15, -0.1) is 0 Å². The number of nitriles is 1. The Balaban J connectivity index is 2.15. The van der Waals surface area contributed by atoms with Crippen molar-refractivity contribution in [3.8, 4) is 11.8 Å². The highest BCUT2D eigenvalue weighted by atomic mass is 35.5. The molecule has 0 saturated carbocycles. The smallest absolute Gasteiger partial charge is 0.161 e. The average Bonchev–Trinajstić information content (AvgIpc) is 2.44. The van der Waals surface area contributed by atoms with Crippen molar-refractivity contribution < 1.29 is 9.53 Å². The van der Waals surface area contributed by atoms with Crippen LogP contribution < -0.4 is 4.74 Å². The van der Waals surface area contributed by atoms with E-state index in [1.165, 1.54) is 6.92 Å². The van der Waals surface area contributed by atoms with Gasteiger partial charge in [0.2, 0.25) is 0 Å². The number of hydrogen-bond donors (Lipinski definition) is 0. The highest BCUT2D eigenvalue weighted by Crippen LogP contribution is 2.20. The molecule has 0 fully saturated rings. The summed E-state index contributed by atoms with van der Waals surface area (Å²) in [7, 11) is 0. The van der Waals surface area contributed by atoms with Crippen LogP contribution >= 0.6 is 11.6 Å². The van der Waals surface area contributed by atoms with Crippen LogP contribution in [0.25, 0.3) is 0 Å². The second kappa shape index (κ2) is 6.23. The molecule has 0 radical (unpaired) electrons. The van der Waals surface area contributed by atoms with Crippen molar-refractivity contribution in [3.63, 3.8) is 0 Å². The summed E-state index contributed by atoms with van der Waals surface area (Å²) in [6.45, 7) is 1.79. The van der Waals surface area contributed by atoms with E-state index in [1.54, 1.807) is 24.3 Å². The van der Waals surface area contributed by atoms with Crippen molar-refractivity contribution in [3.05, 3.63) is 64.2 Å². The Morgan fingerprint density at radius 1 is 1.30 bits per heavy atom. The van der Waals surface area contributed by atoms with Crippen LogP contribution in [0.1, 0.15) is 28.4 Å². The minimum atomic E-state index is -0.136. The molecular weight excluding hydrogens is 274 g/mol. The first kappa shape index (κ1) is 14.1. The lowest BCUT2D eigenvalue weighted by atomic mass is 10.1. The number of rotatable bonds is 4. The standard InChI is InChI=1S/C16H12ClNO2/c1-11(19)16-6-5-15(8-13(16)9-18)20-10-12-3-2-4-14(17)7-12/h2-8H,10H2,1H3. The number of carbonyl (C=O) groups excluding carboxylic acids is 1. The van der Waals surface area contributed by atoms with Crippen LogP contribution in [-0.4, -0.2) is 5.78 Å². The Bertz CT molecular complexity index is 689.